The molecule has 4 aliphatic rings. The van der Waals surface area contributed by atoms with E-state index in [4.69, 9.17) is 4.74 Å². The topological polar surface area (TPSA) is 133 Å². The van der Waals surface area contributed by atoms with Crippen molar-refractivity contribution >= 4 is 38.8 Å². The maximum absolute atomic E-state index is 14.1. The summed E-state index contributed by atoms with van der Waals surface area (Å²) in [6, 6.07) is 11.5. The Hall–Kier alpha value is -3.94. The minimum absolute atomic E-state index is 0.0234. The first kappa shape index (κ1) is 35.5. The summed E-state index contributed by atoms with van der Waals surface area (Å²) in [4.78, 5) is 45.5. The number of hydrogen-bond donors (Lipinski definition) is 2. The number of likely N-dealkylation sites (tertiary alicyclic amines) is 1. The highest BCUT2D eigenvalue weighted by Crippen LogP contribution is 2.50. The zero-order valence-corrected chi connectivity index (χ0v) is 31.3. The Morgan fingerprint density at radius 1 is 0.961 bits per heavy atom. The predicted octanol–water partition coefficient (Wildman–Crippen LogP) is 4.20. The van der Waals surface area contributed by atoms with Gasteiger partial charge in [-0.1, -0.05) is 32.3 Å². The maximum Gasteiger partial charge on any atom is 0.312 e. The molecule has 1 saturated carbocycles. The second-order valence-electron chi connectivity index (χ2n) is 15.5. The molecule has 3 amide bonds. The third-order valence-corrected chi connectivity index (χ3v) is 13.4. The number of nitrogens with zero attached hydrogens (tertiary/aromatic N) is 4. The van der Waals surface area contributed by atoms with Gasteiger partial charge in [0.15, 0.2) is 0 Å². The molecule has 0 spiro atoms. The molecular formula is C38H50N6O6S. The van der Waals surface area contributed by atoms with Crippen LogP contribution in [0.5, 0.6) is 5.75 Å². The third-order valence-electron chi connectivity index (χ3n) is 12.0. The van der Waals surface area contributed by atoms with Crippen LogP contribution in [0.4, 0.5) is 0 Å². The summed E-state index contributed by atoms with van der Waals surface area (Å²) in [5, 5.41) is 4.25. The first-order valence-corrected chi connectivity index (χ1v) is 19.6. The van der Waals surface area contributed by atoms with Gasteiger partial charge in [-0.05, 0) is 87.0 Å². The molecule has 7 rings (SSSR count). The molecule has 12 nitrogen and oxygen atoms in total. The van der Waals surface area contributed by atoms with E-state index in [0.717, 1.165) is 83.6 Å². The number of piperazine rings is 1. The molecule has 3 aromatic rings. The van der Waals surface area contributed by atoms with Gasteiger partial charge in [-0.3, -0.25) is 14.4 Å². The van der Waals surface area contributed by atoms with Crippen LogP contribution in [0, 0.1) is 0 Å². The van der Waals surface area contributed by atoms with Crippen molar-refractivity contribution < 1.29 is 27.5 Å². The zero-order valence-electron chi connectivity index (χ0n) is 30.5. The van der Waals surface area contributed by atoms with E-state index < -0.39 is 33.5 Å². The number of ether oxygens (including phenoxy) is 1. The lowest BCUT2D eigenvalue weighted by atomic mass is 9.78. The van der Waals surface area contributed by atoms with Crippen LogP contribution in [0.25, 0.3) is 22.2 Å². The second kappa shape index (κ2) is 13.2. The molecular weight excluding hydrogens is 669 g/mol. The Bertz CT molecular complexity index is 1990. The highest BCUT2D eigenvalue weighted by atomic mass is 32.2. The quantitative estimate of drug-likeness (QED) is 0.365. The molecule has 2 N–H and O–H groups in total. The Labute approximate surface area is 300 Å². The van der Waals surface area contributed by atoms with Gasteiger partial charge in [-0.2, -0.15) is 12.7 Å². The average Bonchev–Trinajstić information content (AvgIpc) is 3.53. The predicted molar refractivity (Wildman–Crippen MR) is 196 cm³/mol. The molecule has 13 heteroatoms. The number of amides is 3. The van der Waals surface area contributed by atoms with E-state index in [1.165, 1.54) is 26.1 Å². The summed E-state index contributed by atoms with van der Waals surface area (Å²) in [5.74, 6) is -1.09. The van der Waals surface area contributed by atoms with Gasteiger partial charge in [-0.15, -0.1) is 0 Å². The minimum Gasteiger partial charge on any atom is -0.497 e. The molecule has 51 heavy (non-hydrogen) atoms. The van der Waals surface area contributed by atoms with Crippen LogP contribution in [0.15, 0.2) is 36.4 Å². The Kier molecular flexibility index (Phi) is 9.20. The highest BCUT2D eigenvalue weighted by Gasteiger charge is 2.47. The van der Waals surface area contributed by atoms with Crippen LogP contribution >= 0.6 is 0 Å². The molecule has 2 bridgehead atoms. The van der Waals surface area contributed by atoms with Crippen molar-refractivity contribution in [1.82, 2.24) is 28.7 Å². The van der Waals surface area contributed by atoms with Gasteiger partial charge >= 0.3 is 22.0 Å². The van der Waals surface area contributed by atoms with Gasteiger partial charge in [0.1, 0.15) is 5.75 Å². The fraction of sp³-hybridized carbons (Fsp3) is 0.553. The lowest BCUT2D eigenvalue weighted by Gasteiger charge is -2.41. The van der Waals surface area contributed by atoms with Gasteiger partial charge in [-0.25, -0.2) is 4.72 Å². The number of methoxy groups -OCH3 is 1. The monoisotopic (exact) mass is 718 g/mol. The number of rotatable bonds is 6. The number of carbonyl (C=O) groups excluding carboxylic acids is 3. The van der Waals surface area contributed by atoms with Crippen LogP contribution < -0.4 is 14.8 Å². The van der Waals surface area contributed by atoms with E-state index in [2.05, 4.69) is 39.5 Å². The SMILES string of the molecule is COc1ccc2c(c1)C(C)C(C)(NC(=O)C(=O)N1C3CCC1CN(C)C3)Cn1c-2c(C2CCCCC2)c2ccc(C(=O)NS(=O)(=O)N(C)C)cc21. The number of benzene rings is 2. The number of likely N-dealkylation sites (N-methyl/N-ethyl adjacent to an activating group) is 1. The van der Waals surface area contributed by atoms with Gasteiger partial charge in [0.25, 0.3) is 5.91 Å². The van der Waals surface area contributed by atoms with Crippen LogP contribution in [-0.4, -0.2) is 104 Å². The number of carbonyl (C=O) groups is 3. The summed E-state index contributed by atoms with van der Waals surface area (Å²) in [7, 11) is 2.41. The molecule has 4 unspecified atom stereocenters. The van der Waals surface area contributed by atoms with E-state index in [9.17, 15) is 22.8 Å². The first-order valence-electron chi connectivity index (χ1n) is 18.1. The van der Waals surface area contributed by atoms with Crippen molar-refractivity contribution in [3.8, 4) is 17.0 Å². The van der Waals surface area contributed by atoms with E-state index in [1.54, 1.807) is 24.1 Å². The lowest BCUT2D eigenvalue weighted by molar-refractivity contribution is -0.150. The van der Waals surface area contributed by atoms with Crippen LogP contribution in [0.3, 0.4) is 0 Å². The summed E-state index contributed by atoms with van der Waals surface area (Å²) < 4.78 is 36.3. The highest BCUT2D eigenvalue weighted by molar-refractivity contribution is 7.87. The van der Waals surface area contributed by atoms with Crippen molar-refractivity contribution in [2.75, 3.05) is 41.3 Å². The number of nitrogens with one attached hydrogen (secondary N) is 2. The summed E-state index contributed by atoms with van der Waals surface area (Å²) in [6.45, 7) is 5.91. The van der Waals surface area contributed by atoms with Crippen molar-refractivity contribution in [1.29, 1.82) is 0 Å². The fourth-order valence-corrected chi connectivity index (χ4v) is 9.65. The van der Waals surface area contributed by atoms with Crippen LogP contribution in [0.2, 0.25) is 0 Å². The van der Waals surface area contributed by atoms with Gasteiger partial charge < -0.3 is 24.4 Å². The summed E-state index contributed by atoms with van der Waals surface area (Å²) in [5.41, 5.74) is 4.30. The minimum atomic E-state index is -4.01. The molecule has 3 fully saturated rings. The molecule has 2 aromatic carbocycles. The summed E-state index contributed by atoms with van der Waals surface area (Å²) >= 11 is 0. The molecule has 2 saturated heterocycles. The summed E-state index contributed by atoms with van der Waals surface area (Å²) in [6.07, 6.45) is 7.28. The van der Waals surface area contributed by atoms with Crippen molar-refractivity contribution in [2.45, 2.75) is 94.8 Å². The van der Waals surface area contributed by atoms with Gasteiger partial charge in [0.05, 0.1) is 18.3 Å². The van der Waals surface area contributed by atoms with E-state index in [-0.39, 0.29) is 29.5 Å². The van der Waals surface area contributed by atoms with Crippen molar-refractivity contribution in [3.05, 3.63) is 53.1 Å². The van der Waals surface area contributed by atoms with Crippen LogP contribution in [-0.2, 0) is 26.3 Å². The van der Waals surface area contributed by atoms with E-state index >= 15 is 0 Å². The maximum atomic E-state index is 14.1. The largest absolute Gasteiger partial charge is 0.497 e. The van der Waals surface area contributed by atoms with Crippen LogP contribution in [0.1, 0.15) is 92.1 Å². The number of fused-ring (bicyclic) bond motifs is 7. The Morgan fingerprint density at radius 3 is 2.29 bits per heavy atom. The molecule has 4 heterocycles. The standard InChI is InChI=1S/C38H50N6O6S/c1-23-31-19-28(50-6)15-17-29(31)34-33(24-10-8-7-9-11-24)30-16-12-25(35(45)40-51(48,49)41(3)4)18-32(30)43(34)22-38(23,2)39-36(46)37(47)44-26-13-14-27(44)21-42(5)20-26/h12,15-19,23-24,26-27H,7-11,13-14,20-22H2,1-6H3,(H,39,46)(H,40,45). The van der Waals surface area contributed by atoms with Crippen molar-refractivity contribution in [3.63, 3.8) is 0 Å². The second-order valence-corrected chi connectivity index (χ2v) is 17.4. The average molecular weight is 719 g/mol. The molecule has 0 radical (unpaired) electrons. The van der Waals surface area contributed by atoms with Crippen molar-refractivity contribution in [2.24, 2.45) is 0 Å². The molecule has 1 aliphatic carbocycles. The number of aromatic nitrogens is 1. The Morgan fingerprint density at radius 2 is 1.65 bits per heavy atom. The molecule has 1 aromatic heterocycles. The first-order chi connectivity index (χ1) is 24.2. The van der Waals surface area contributed by atoms with Gasteiger partial charge in [0.2, 0.25) is 0 Å². The lowest BCUT2D eigenvalue weighted by Crippen LogP contribution is -2.61. The smallest absolute Gasteiger partial charge is 0.312 e. The zero-order chi connectivity index (χ0) is 36.4. The normalized spacial score (nSPS) is 25.3. The Balaban J connectivity index is 1.37. The molecule has 3 aliphatic heterocycles. The molecule has 4 atom stereocenters. The van der Waals surface area contributed by atoms with Gasteiger partial charge in [0, 0.05) is 73.8 Å². The van der Waals surface area contributed by atoms with E-state index in [0.29, 0.717) is 12.3 Å². The number of hydrogen-bond acceptors (Lipinski definition) is 7. The third kappa shape index (κ3) is 6.20. The fourth-order valence-electron chi connectivity index (χ4n) is 9.12. The molecule has 274 valence electrons. The van der Waals surface area contributed by atoms with E-state index in [1.807, 2.05) is 25.1 Å².